The van der Waals surface area contributed by atoms with Crippen molar-refractivity contribution in [3.63, 3.8) is 0 Å². The van der Waals surface area contributed by atoms with E-state index in [0.29, 0.717) is 6.04 Å². The van der Waals surface area contributed by atoms with Crippen molar-refractivity contribution in [3.8, 4) is 0 Å². The Bertz CT molecular complexity index is 553. The summed E-state index contributed by atoms with van der Waals surface area (Å²) in [6.07, 6.45) is 4.40. The molecule has 0 atom stereocenters. The van der Waals surface area contributed by atoms with E-state index in [2.05, 4.69) is 66.7 Å². The minimum absolute atomic E-state index is 0.470. The highest BCUT2D eigenvalue weighted by Crippen LogP contribution is 2.22. The Labute approximate surface area is 128 Å². The number of hydrogen-bond donors (Lipinski definition) is 1. The van der Waals surface area contributed by atoms with Crippen LogP contribution in [0.2, 0.25) is 0 Å². The molecule has 116 valence electrons. The molecule has 2 aromatic rings. The number of pyridine rings is 1. The van der Waals surface area contributed by atoms with E-state index in [1.807, 2.05) is 0 Å². The maximum Gasteiger partial charge on any atom is 0.152 e. The molecule has 0 aliphatic carbocycles. The highest BCUT2D eigenvalue weighted by Gasteiger charge is 2.17. The second kappa shape index (κ2) is 7.46. The third-order valence-corrected chi connectivity index (χ3v) is 3.57. The first-order chi connectivity index (χ1) is 10.2. The van der Waals surface area contributed by atoms with Crippen molar-refractivity contribution < 1.29 is 0 Å². The second-order valence-corrected chi connectivity index (χ2v) is 5.83. The number of anilines is 1. The molecule has 2 rings (SSSR count). The van der Waals surface area contributed by atoms with Crippen LogP contribution in [0.3, 0.4) is 0 Å². The SMILES string of the molecule is CCCN(CCC)c1nc2ccccn2c1CNC(C)C. The summed E-state index contributed by atoms with van der Waals surface area (Å²) in [7, 11) is 0. The Balaban J connectivity index is 2.41. The zero-order valence-corrected chi connectivity index (χ0v) is 13.8. The molecule has 0 saturated carbocycles. The third kappa shape index (κ3) is 3.76. The summed E-state index contributed by atoms with van der Waals surface area (Å²) in [5.41, 5.74) is 2.30. The number of imidazole rings is 1. The molecular weight excluding hydrogens is 260 g/mol. The first-order valence-electron chi connectivity index (χ1n) is 8.11. The molecule has 0 aliphatic heterocycles. The van der Waals surface area contributed by atoms with Crippen molar-refractivity contribution in [2.75, 3.05) is 18.0 Å². The molecule has 0 aromatic carbocycles. The van der Waals surface area contributed by atoms with E-state index >= 15 is 0 Å². The molecule has 0 aliphatic rings. The summed E-state index contributed by atoms with van der Waals surface area (Å²) in [4.78, 5) is 7.30. The van der Waals surface area contributed by atoms with E-state index < -0.39 is 0 Å². The maximum absolute atomic E-state index is 4.88. The average Bonchev–Trinajstić information content (AvgIpc) is 2.83. The van der Waals surface area contributed by atoms with Crippen LogP contribution < -0.4 is 10.2 Å². The first kappa shape index (κ1) is 15.8. The Hall–Kier alpha value is -1.55. The van der Waals surface area contributed by atoms with Crippen molar-refractivity contribution in [1.82, 2.24) is 14.7 Å². The summed E-state index contributed by atoms with van der Waals surface area (Å²) < 4.78 is 2.21. The average molecular weight is 288 g/mol. The van der Waals surface area contributed by atoms with E-state index in [4.69, 9.17) is 4.98 Å². The van der Waals surface area contributed by atoms with Crippen LogP contribution in [0.1, 0.15) is 46.2 Å². The fraction of sp³-hybridized carbons (Fsp3) is 0.588. The van der Waals surface area contributed by atoms with Crippen molar-refractivity contribution in [3.05, 3.63) is 30.1 Å². The van der Waals surface area contributed by atoms with Gasteiger partial charge in [0.1, 0.15) is 5.65 Å². The summed E-state index contributed by atoms with van der Waals surface area (Å²) in [6, 6.07) is 6.67. The Morgan fingerprint density at radius 3 is 2.52 bits per heavy atom. The maximum atomic E-state index is 4.88. The molecule has 2 aromatic heterocycles. The van der Waals surface area contributed by atoms with Gasteiger partial charge in [-0.15, -0.1) is 0 Å². The fourth-order valence-electron chi connectivity index (χ4n) is 2.62. The summed E-state index contributed by atoms with van der Waals surface area (Å²) in [5.74, 6) is 1.14. The molecular formula is C17H28N4. The van der Waals surface area contributed by atoms with Gasteiger partial charge in [-0.25, -0.2) is 4.98 Å². The molecule has 2 heterocycles. The van der Waals surface area contributed by atoms with Gasteiger partial charge < -0.3 is 14.6 Å². The van der Waals surface area contributed by atoms with Gasteiger partial charge in [-0.2, -0.15) is 0 Å². The topological polar surface area (TPSA) is 32.6 Å². The molecule has 4 nitrogen and oxygen atoms in total. The Morgan fingerprint density at radius 2 is 1.90 bits per heavy atom. The van der Waals surface area contributed by atoms with Crippen LogP contribution in [0.15, 0.2) is 24.4 Å². The number of nitrogens with one attached hydrogen (secondary N) is 1. The van der Waals surface area contributed by atoms with Gasteiger partial charge >= 0.3 is 0 Å². The molecule has 0 amide bonds. The minimum Gasteiger partial charge on any atom is -0.355 e. The standard InChI is InChI=1S/C17H28N4/c1-5-10-20(11-6-2)17-15(13-18-14(3)4)21-12-8-7-9-16(21)19-17/h7-9,12,14,18H,5-6,10-11,13H2,1-4H3. The number of nitrogens with zero attached hydrogens (tertiary/aromatic N) is 3. The van der Waals surface area contributed by atoms with Crippen LogP contribution >= 0.6 is 0 Å². The van der Waals surface area contributed by atoms with Crippen LogP contribution in [0.25, 0.3) is 5.65 Å². The molecule has 4 heteroatoms. The highest BCUT2D eigenvalue weighted by molar-refractivity contribution is 5.56. The highest BCUT2D eigenvalue weighted by atomic mass is 15.2. The van der Waals surface area contributed by atoms with Gasteiger partial charge in [0.15, 0.2) is 5.82 Å². The molecule has 0 fully saturated rings. The van der Waals surface area contributed by atoms with Gasteiger partial charge in [0.2, 0.25) is 0 Å². The first-order valence-corrected chi connectivity index (χ1v) is 8.11. The second-order valence-electron chi connectivity index (χ2n) is 5.83. The number of fused-ring (bicyclic) bond motifs is 1. The Morgan fingerprint density at radius 1 is 1.19 bits per heavy atom. The van der Waals surface area contributed by atoms with Gasteiger partial charge in [0.05, 0.1) is 5.69 Å². The zero-order chi connectivity index (χ0) is 15.2. The molecule has 21 heavy (non-hydrogen) atoms. The smallest absolute Gasteiger partial charge is 0.152 e. The predicted molar refractivity (Wildman–Crippen MR) is 90.0 cm³/mol. The van der Waals surface area contributed by atoms with Crippen LogP contribution in [-0.4, -0.2) is 28.5 Å². The lowest BCUT2D eigenvalue weighted by Crippen LogP contribution is -2.29. The molecule has 1 N–H and O–H groups in total. The summed E-state index contributed by atoms with van der Waals surface area (Å²) in [5, 5.41) is 3.53. The summed E-state index contributed by atoms with van der Waals surface area (Å²) in [6.45, 7) is 11.8. The monoisotopic (exact) mass is 288 g/mol. The molecule has 0 radical (unpaired) electrons. The lowest BCUT2D eigenvalue weighted by atomic mass is 10.3. The van der Waals surface area contributed by atoms with E-state index in [1.165, 1.54) is 5.69 Å². The minimum atomic E-state index is 0.470. The summed E-state index contributed by atoms with van der Waals surface area (Å²) >= 11 is 0. The van der Waals surface area contributed by atoms with Gasteiger partial charge in [-0.3, -0.25) is 0 Å². The molecule has 0 saturated heterocycles. The van der Waals surface area contributed by atoms with Gasteiger partial charge in [0.25, 0.3) is 0 Å². The lowest BCUT2D eigenvalue weighted by molar-refractivity contribution is 0.577. The van der Waals surface area contributed by atoms with Crippen molar-refractivity contribution >= 4 is 11.5 Å². The van der Waals surface area contributed by atoms with Gasteiger partial charge in [-0.05, 0) is 25.0 Å². The largest absolute Gasteiger partial charge is 0.355 e. The van der Waals surface area contributed by atoms with Crippen LogP contribution in [-0.2, 0) is 6.54 Å². The fourth-order valence-corrected chi connectivity index (χ4v) is 2.62. The van der Waals surface area contributed by atoms with Crippen LogP contribution in [0.4, 0.5) is 5.82 Å². The van der Waals surface area contributed by atoms with Crippen LogP contribution in [0.5, 0.6) is 0 Å². The zero-order valence-electron chi connectivity index (χ0n) is 13.8. The lowest BCUT2D eigenvalue weighted by Gasteiger charge is -2.23. The number of aromatic nitrogens is 2. The van der Waals surface area contributed by atoms with E-state index in [1.54, 1.807) is 0 Å². The van der Waals surface area contributed by atoms with E-state index in [0.717, 1.165) is 43.9 Å². The van der Waals surface area contributed by atoms with Crippen molar-refractivity contribution in [2.45, 2.75) is 53.1 Å². The Kier molecular flexibility index (Phi) is 5.62. The number of hydrogen-bond acceptors (Lipinski definition) is 3. The van der Waals surface area contributed by atoms with Crippen molar-refractivity contribution in [2.24, 2.45) is 0 Å². The normalized spacial score (nSPS) is 11.5. The predicted octanol–water partition coefficient (Wildman–Crippen LogP) is 3.46. The van der Waals surface area contributed by atoms with E-state index in [-0.39, 0.29) is 0 Å². The molecule has 0 spiro atoms. The number of rotatable bonds is 8. The van der Waals surface area contributed by atoms with Gasteiger partial charge in [0, 0.05) is 31.9 Å². The quantitative estimate of drug-likeness (QED) is 0.807. The molecule has 0 unspecified atom stereocenters. The van der Waals surface area contributed by atoms with E-state index in [9.17, 15) is 0 Å². The molecule has 0 bridgehead atoms. The van der Waals surface area contributed by atoms with Crippen molar-refractivity contribution in [1.29, 1.82) is 0 Å². The van der Waals surface area contributed by atoms with Crippen LogP contribution in [0, 0.1) is 0 Å². The third-order valence-electron chi connectivity index (χ3n) is 3.57. The van der Waals surface area contributed by atoms with Gasteiger partial charge in [-0.1, -0.05) is 33.8 Å².